The van der Waals surface area contributed by atoms with Gasteiger partial charge in [-0.1, -0.05) is 18.2 Å². The van der Waals surface area contributed by atoms with Crippen LogP contribution in [0.5, 0.6) is 0 Å². The summed E-state index contributed by atoms with van der Waals surface area (Å²) in [6.45, 7) is 3.28. The number of rotatable bonds is 6. The first-order valence-corrected chi connectivity index (χ1v) is 10.9. The van der Waals surface area contributed by atoms with Gasteiger partial charge in [0.2, 0.25) is 10.0 Å². The van der Waals surface area contributed by atoms with E-state index in [1.54, 1.807) is 12.1 Å². The summed E-state index contributed by atoms with van der Waals surface area (Å²) >= 11 is 0. The quantitative estimate of drug-likeness (QED) is 0.808. The molecule has 0 radical (unpaired) electrons. The molecule has 150 valence electrons. The van der Waals surface area contributed by atoms with Crippen LogP contribution in [-0.2, 0) is 16.6 Å². The molecule has 0 aliphatic carbocycles. The predicted octanol–water partition coefficient (Wildman–Crippen LogP) is 2.78. The number of hydrogen-bond acceptors (Lipinski definition) is 4. The molecule has 28 heavy (non-hydrogen) atoms. The van der Waals surface area contributed by atoms with Crippen molar-refractivity contribution in [3.05, 3.63) is 59.2 Å². The van der Waals surface area contributed by atoms with E-state index in [0.717, 1.165) is 29.7 Å². The maximum atomic E-state index is 12.8. The van der Waals surface area contributed by atoms with Gasteiger partial charge in [-0.3, -0.25) is 4.79 Å². The Labute approximate surface area is 167 Å². The van der Waals surface area contributed by atoms with Gasteiger partial charge in [-0.15, -0.1) is 0 Å². The third-order valence-corrected chi connectivity index (χ3v) is 6.96. The molecular formula is C21H27N3O3S. The van der Waals surface area contributed by atoms with Crippen molar-refractivity contribution in [1.82, 2.24) is 9.62 Å². The maximum absolute atomic E-state index is 12.8. The van der Waals surface area contributed by atoms with Crippen molar-refractivity contribution >= 4 is 21.6 Å². The third-order valence-electron chi connectivity index (χ3n) is 5.06. The molecule has 0 aromatic heterocycles. The fourth-order valence-corrected chi connectivity index (χ4v) is 4.82. The minimum absolute atomic E-state index is 0.181. The lowest BCUT2D eigenvalue weighted by atomic mass is 10.1. The lowest BCUT2D eigenvalue weighted by Crippen LogP contribution is -2.29. The van der Waals surface area contributed by atoms with Crippen molar-refractivity contribution in [1.29, 1.82) is 0 Å². The molecule has 1 heterocycles. The van der Waals surface area contributed by atoms with E-state index in [0.29, 0.717) is 25.2 Å². The van der Waals surface area contributed by atoms with Crippen LogP contribution in [0.3, 0.4) is 0 Å². The van der Waals surface area contributed by atoms with Crippen molar-refractivity contribution in [2.45, 2.75) is 31.2 Å². The van der Waals surface area contributed by atoms with Crippen LogP contribution in [0.1, 0.15) is 34.3 Å². The van der Waals surface area contributed by atoms with E-state index in [1.165, 1.54) is 10.4 Å². The lowest BCUT2D eigenvalue weighted by Gasteiger charge is -2.17. The number of aryl methyl sites for hydroxylation is 1. The van der Waals surface area contributed by atoms with Crippen LogP contribution in [0.15, 0.2) is 47.4 Å². The molecule has 6 nitrogen and oxygen atoms in total. The summed E-state index contributed by atoms with van der Waals surface area (Å²) in [7, 11) is 0.407. The Kier molecular flexibility index (Phi) is 6.05. The maximum Gasteiger partial charge on any atom is 0.251 e. The number of benzene rings is 2. The molecule has 2 aromatic carbocycles. The number of nitrogens with one attached hydrogen (secondary N) is 1. The summed E-state index contributed by atoms with van der Waals surface area (Å²) in [5.41, 5.74) is 3.22. The molecule has 0 spiro atoms. The minimum Gasteiger partial charge on any atom is -0.378 e. The van der Waals surface area contributed by atoms with Crippen LogP contribution in [-0.4, -0.2) is 45.8 Å². The first kappa shape index (κ1) is 20.4. The van der Waals surface area contributed by atoms with E-state index < -0.39 is 10.0 Å². The van der Waals surface area contributed by atoms with E-state index in [9.17, 15) is 13.2 Å². The van der Waals surface area contributed by atoms with E-state index in [4.69, 9.17) is 0 Å². The average molecular weight is 402 g/mol. The first-order valence-electron chi connectivity index (χ1n) is 9.44. The normalized spacial score (nSPS) is 14.8. The minimum atomic E-state index is -3.54. The van der Waals surface area contributed by atoms with E-state index >= 15 is 0 Å². The molecule has 0 atom stereocenters. The van der Waals surface area contributed by atoms with Crippen LogP contribution in [0.2, 0.25) is 0 Å². The Morgan fingerprint density at radius 2 is 1.71 bits per heavy atom. The Bertz CT molecular complexity index is 947. The largest absolute Gasteiger partial charge is 0.378 e. The second-order valence-corrected chi connectivity index (χ2v) is 9.27. The zero-order valence-corrected chi connectivity index (χ0v) is 17.4. The molecular weight excluding hydrogens is 374 g/mol. The van der Waals surface area contributed by atoms with Gasteiger partial charge >= 0.3 is 0 Å². The highest BCUT2D eigenvalue weighted by Crippen LogP contribution is 2.23. The standard InChI is InChI=1S/C21H27N3O3S/c1-16-6-11-19(28(26,27)24-12-4-5-13-24)14-20(16)21(25)22-15-17-7-9-18(10-8-17)23(2)3/h6-11,14H,4-5,12-13,15H2,1-3H3,(H,22,25). The van der Waals surface area contributed by atoms with Crippen molar-refractivity contribution < 1.29 is 13.2 Å². The smallest absolute Gasteiger partial charge is 0.251 e. The van der Waals surface area contributed by atoms with Gasteiger partial charge in [0, 0.05) is 45.0 Å². The molecule has 1 amide bonds. The zero-order valence-electron chi connectivity index (χ0n) is 16.6. The van der Waals surface area contributed by atoms with Gasteiger partial charge in [-0.05, 0) is 55.2 Å². The second-order valence-electron chi connectivity index (χ2n) is 7.33. The van der Waals surface area contributed by atoms with Gasteiger partial charge in [0.15, 0.2) is 0 Å². The van der Waals surface area contributed by atoms with Crippen LogP contribution in [0.4, 0.5) is 5.69 Å². The predicted molar refractivity (Wildman–Crippen MR) is 111 cm³/mol. The number of carbonyl (C=O) groups excluding carboxylic acids is 1. The molecule has 0 unspecified atom stereocenters. The molecule has 3 rings (SSSR count). The molecule has 1 saturated heterocycles. The topological polar surface area (TPSA) is 69.7 Å². The molecule has 2 aromatic rings. The number of sulfonamides is 1. The number of anilines is 1. The van der Waals surface area contributed by atoms with Gasteiger partial charge in [-0.2, -0.15) is 4.31 Å². The first-order chi connectivity index (χ1) is 13.3. The van der Waals surface area contributed by atoms with Crippen molar-refractivity contribution in [3.63, 3.8) is 0 Å². The highest BCUT2D eigenvalue weighted by Gasteiger charge is 2.28. The summed E-state index contributed by atoms with van der Waals surface area (Å²) < 4.78 is 27.0. The van der Waals surface area contributed by atoms with Gasteiger partial charge in [0.05, 0.1) is 4.90 Å². The summed E-state index contributed by atoms with van der Waals surface area (Å²) in [6.07, 6.45) is 1.76. The Morgan fingerprint density at radius 1 is 1.07 bits per heavy atom. The summed E-state index contributed by atoms with van der Waals surface area (Å²) in [4.78, 5) is 14.9. The van der Waals surface area contributed by atoms with Crippen molar-refractivity contribution in [3.8, 4) is 0 Å². The third kappa shape index (κ3) is 4.36. The SMILES string of the molecule is Cc1ccc(S(=O)(=O)N2CCCC2)cc1C(=O)NCc1ccc(N(C)C)cc1. The van der Waals surface area contributed by atoms with Gasteiger partial charge in [0.25, 0.3) is 5.91 Å². The van der Waals surface area contributed by atoms with Crippen LogP contribution in [0, 0.1) is 6.92 Å². The second kappa shape index (κ2) is 8.32. The molecule has 0 saturated carbocycles. The molecule has 1 aliphatic heterocycles. The molecule has 1 fully saturated rings. The van der Waals surface area contributed by atoms with Crippen LogP contribution < -0.4 is 10.2 Å². The van der Waals surface area contributed by atoms with Gasteiger partial charge < -0.3 is 10.2 Å². The fraction of sp³-hybridized carbons (Fsp3) is 0.381. The lowest BCUT2D eigenvalue weighted by molar-refractivity contribution is 0.0950. The fourth-order valence-electron chi connectivity index (χ4n) is 3.27. The van der Waals surface area contributed by atoms with E-state index in [1.807, 2.05) is 50.2 Å². The summed E-state index contributed by atoms with van der Waals surface area (Å²) in [5, 5.41) is 2.89. The average Bonchev–Trinajstić information content (AvgIpc) is 3.22. The Balaban J connectivity index is 1.74. The monoisotopic (exact) mass is 401 g/mol. The van der Waals surface area contributed by atoms with Gasteiger partial charge in [0.1, 0.15) is 0 Å². The highest BCUT2D eigenvalue weighted by atomic mass is 32.2. The summed E-state index contributed by atoms with van der Waals surface area (Å²) in [6, 6.07) is 12.7. The van der Waals surface area contributed by atoms with Crippen LogP contribution >= 0.6 is 0 Å². The molecule has 0 bridgehead atoms. The summed E-state index contributed by atoms with van der Waals surface area (Å²) in [5.74, 6) is -0.271. The highest BCUT2D eigenvalue weighted by molar-refractivity contribution is 7.89. The number of amides is 1. The Hall–Kier alpha value is -2.38. The number of hydrogen-bond donors (Lipinski definition) is 1. The van der Waals surface area contributed by atoms with Crippen LogP contribution in [0.25, 0.3) is 0 Å². The number of carbonyl (C=O) groups is 1. The molecule has 1 N–H and O–H groups in total. The van der Waals surface area contributed by atoms with Gasteiger partial charge in [-0.25, -0.2) is 8.42 Å². The number of nitrogens with zero attached hydrogens (tertiary/aromatic N) is 2. The van der Waals surface area contributed by atoms with Crippen molar-refractivity contribution in [2.75, 3.05) is 32.1 Å². The molecule has 7 heteroatoms. The van der Waals surface area contributed by atoms with E-state index in [-0.39, 0.29) is 10.8 Å². The Morgan fingerprint density at radius 3 is 2.32 bits per heavy atom. The van der Waals surface area contributed by atoms with E-state index in [2.05, 4.69) is 5.32 Å². The zero-order chi connectivity index (χ0) is 20.3. The van der Waals surface area contributed by atoms with Crippen molar-refractivity contribution in [2.24, 2.45) is 0 Å². The molecule has 1 aliphatic rings.